The van der Waals surface area contributed by atoms with E-state index in [9.17, 15) is 9.18 Å². The number of ether oxygens (including phenoxy) is 2. The molecule has 0 fully saturated rings. The molecule has 0 bridgehead atoms. The molecule has 0 aliphatic heterocycles. The molecule has 1 N–H and O–H groups in total. The first-order valence-corrected chi connectivity index (χ1v) is 9.97. The van der Waals surface area contributed by atoms with Gasteiger partial charge in [0.25, 0.3) is 5.91 Å². The van der Waals surface area contributed by atoms with E-state index >= 15 is 0 Å². The molecule has 0 saturated heterocycles. The minimum Gasteiger partial charge on any atom is -0.493 e. The Morgan fingerprint density at radius 1 is 1.20 bits per heavy atom. The van der Waals surface area contributed by atoms with Crippen molar-refractivity contribution in [2.24, 2.45) is 5.10 Å². The fourth-order valence-electron chi connectivity index (χ4n) is 2.58. The van der Waals surface area contributed by atoms with E-state index in [1.54, 1.807) is 54.6 Å². The Bertz CT molecular complexity index is 1090. The summed E-state index contributed by atoms with van der Waals surface area (Å²) in [4.78, 5) is 12.1. The maximum Gasteiger partial charge on any atom is 0.271 e. The number of hydrogen-bond acceptors (Lipinski definition) is 4. The van der Waals surface area contributed by atoms with E-state index in [0.717, 1.165) is 0 Å². The Balaban J connectivity index is 1.71. The lowest BCUT2D eigenvalue weighted by atomic mass is 10.2. The molecule has 0 aliphatic carbocycles. The zero-order valence-electron chi connectivity index (χ0n) is 15.9. The molecule has 0 aromatic heterocycles. The van der Waals surface area contributed by atoms with Gasteiger partial charge in [-0.3, -0.25) is 4.79 Å². The van der Waals surface area contributed by atoms with Crippen LogP contribution in [-0.4, -0.2) is 19.2 Å². The lowest BCUT2D eigenvalue weighted by molar-refractivity contribution is 0.0955. The average molecular weight is 492 g/mol. The summed E-state index contributed by atoms with van der Waals surface area (Å²) in [6.45, 7) is 0.0464. The zero-order chi connectivity index (χ0) is 21.5. The summed E-state index contributed by atoms with van der Waals surface area (Å²) in [6.07, 6.45) is 1.47. The molecule has 8 heteroatoms. The van der Waals surface area contributed by atoms with Gasteiger partial charge >= 0.3 is 0 Å². The van der Waals surface area contributed by atoms with E-state index < -0.39 is 0 Å². The van der Waals surface area contributed by atoms with Crippen molar-refractivity contribution < 1.29 is 18.7 Å². The highest BCUT2D eigenvalue weighted by Gasteiger charge is 2.13. The summed E-state index contributed by atoms with van der Waals surface area (Å²) < 4.78 is 25.5. The molecule has 1 amide bonds. The van der Waals surface area contributed by atoms with Gasteiger partial charge in [0.2, 0.25) is 0 Å². The minimum atomic E-state index is -0.385. The topological polar surface area (TPSA) is 59.9 Å². The van der Waals surface area contributed by atoms with Crippen molar-refractivity contribution in [2.75, 3.05) is 7.11 Å². The number of benzene rings is 3. The lowest BCUT2D eigenvalue weighted by Gasteiger charge is -2.14. The van der Waals surface area contributed by atoms with Gasteiger partial charge in [0.1, 0.15) is 12.4 Å². The molecule has 154 valence electrons. The van der Waals surface area contributed by atoms with Crippen molar-refractivity contribution in [3.63, 3.8) is 0 Å². The van der Waals surface area contributed by atoms with E-state index in [1.807, 2.05) is 0 Å². The van der Waals surface area contributed by atoms with Crippen LogP contribution in [0.1, 0.15) is 21.5 Å². The Morgan fingerprint density at radius 2 is 2.00 bits per heavy atom. The molecule has 0 aliphatic rings. The third-order valence-corrected chi connectivity index (χ3v) is 4.87. The van der Waals surface area contributed by atoms with Crippen molar-refractivity contribution in [3.05, 3.63) is 92.7 Å². The van der Waals surface area contributed by atoms with Gasteiger partial charge in [-0.05, 0) is 57.9 Å². The molecule has 0 radical (unpaired) electrons. The summed E-state index contributed by atoms with van der Waals surface area (Å²) in [5, 5.41) is 4.43. The van der Waals surface area contributed by atoms with Crippen LogP contribution in [0.15, 0.2) is 70.2 Å². The second-order valence-corrected chi connectivity index (χ2v) is 7.41. The van der Waals surface area contributed by atoms with Crippen LogP contribution < -0.4 is 14.9 Å². The molecule has 0 unspecified atom stereocenters. The fraction of sp³-hybridized carbons (Fsp3) is 0.0909. The summed E-state index contributed by atoms with van der Waals surface area (Å²) in [7, 11) is 1.50. The molecule has 30 heavy (non-hydrogen) atoms. The van der Waals surface area contributed by atoms with E-state index in [-0.39, 0.29) is 18.3 Å². The van der Waals surface area contributed by atoms with Crippen molar-refractivity contribution in [1.29, 1.82) is 0 Å². The fourth-order valence-corrected chi connectivity index (χ4v) is 3.34. The van der Waals surface area contributed by atoms with E-state index in [1.165, 1.54) is 19.4 Å². The number of carbonyl (C=O) groups is 1. The maximum atomic E-state index is 13.8. The van der Waals surface area contributed by atoms with Crippen molar-refractivity contribution in [2.45, 2.75) is 6.61 Å². The smallest absolute Gasteiger partial charge is 0.271 e. The standard InChI is InChI=1S/C22H17BrClFN2O3/c1-29-20-10-14(12-26-27-22(28)15-6-4-7-17(24)11-15)9-18(23)21(20)30-13-16-5-2-3-8-19(16)25/h2-12H,13H2,1H3,(H,27,28)/b26-12-. The predicted octanol–water partition coefficient (Wildman–Crippen LogP) is 5.59. The van der Waals surface area contributed by atoms with Gasteiger partial charge in [-0.25, -0.2) is 9.82 Å². The molecule has 3 aromatic rings. The average Bonchev–Trinajstić information content (AvgIpc) is 2.73. The zero-order valence-corrected chi connectivity index (χ0v) is 18.2. The van der Waals surface area contributed by atoms with Crippen LogP contribution in [0.25, 0.3) is 0 Å². The van der Waals surface area contributed by atoms with Crippen molar-refractivity contribution in [3.8, 4) is 11.5 Å². The van der Waals surface area contributed by atoms with Gasteiger partial charge < -0.3 is 9.47 Å². The SMILES string of the molecule is COc1cc(/C=N\NC(=O)c2cccc(Cl)c2)cc(Br)c1OCc1ccccc1F. The third kappa shape index (κ3) is 5.58. The molecule has 0 spiro atoms. The van der Waals surface area contributed by atoms with E-state index in [4.69, 9.17) is 21.1 Å². The normalized spacial score (nSPS) is 10.8. The highest BCUT2D eigenvalue weighted by molar-refractivity contribution is 9.10. The number of amides is 1. The van der Waals surface area contributed by atoms with E-state index in [2.05, 4.69) is 26.5 Å². The van der Waals surface area contributed by atoms with Gasteiger partial charge in [0.15, 0.2) is 11.5 Å². The van der Waals surface area contributed by atoms with Crippen molar-refractivity contribution >= 4 is 39.7 Å². The summed E-state index contributed by atoms with van der Waals surface area (Å²) in [6, 6.07) is 16.4. The first-order chi connectivity index (χ1) is 14.5. The predicted molar refractivity (Wildman–Crippen MR) is 118 cm³/mol. The molecule has 0 atom stereocenters. The number of hydrazone groups is 1. The minimum absolute atomic E-state index is 0.0464. The molecule has 3 aromatic carbocycles. The molecule has 3 rings (SSSR count). The summed E-state index contributed by atoms with van der Waals surface area (Å²) >= 11 is 9.32. The second-order valence-electron chi connectivity index (χ2n) is 6.12. The summed E-state index contributed by atoms with van der Waals surface area (Å²) in [5.41, 5.74) is 3.93. The number of rotatable bonds is 7. The highest BCUT2D eigenvalue weighted by Crippen LogP contribution is 2.37. The van der Waals surface area contributed by atoms with Gasteiger partial charge in [0.05, 0.1) is 17.8 Å². The Labute approximate surface area is 186 Å². The van der Waals surface area contributed by atoms with E-state index in [0.29, 0.717) is 37.7 Å². The maximum absolute atomic E-state index is 13.8. The van der Waals surface area contributed by atoms with Crippen LogP contribution in [0.2, 0.25) is 5.02 Å². The molecular formula is C22H17BrClFN2O3. The number of carbonyl (C=O) groups excluding carboxylic acids is 1. The van der Waals surface area contributed by atoms with Crippen LogP contribution in [0.4, 0.5) is 4.39 Å². The largest absolute Gasteiger partial charge is 0.493 e. The Hall–Kier alpha value is -2.90. The molecular weight excluding hydrogens is 475 g/mol. The number of hydrogen-bond donors (Lipinski definition) is 1. The number of methoxy groups -OCH3 is 1. The number of halogens is 3. The third-order valence-electron chi connectivity index (χ3n) is 4.05. The second kappa shape index (κ2) is 10.2. The Morgan fingerprint density at radius 3 is 2.73 bits per heavy atom. The number of nitrogens with one attached hydrogen (secondary N) is 1. The monoisotopic (exact) mass is 490 g/mol. The van der Waals surface area contributed by atoms with Gasteiger partial charge in [-0.2, -0.15) is 5.10 Å². The van der Waals surface area contributed by atoms with Crippen LogP contribution in [-0.2, 0) is 6.61 Å². The van der Waals surface area contributed by atoms with Crippen LogP contribution >= 0.6 is 27.5 Å². The van der Waals surface area contributed by atoms with Crippen LogP contribution in [0, 0.1) is 5.82 Å². The van der Waals surface area contributed by atoms with Crippen LogP contribution in [0.3, 0.4) is 0 Å². The first kappa shape index (κ1) is 21.8. The van der Waals surface area contributed by atoms with Crippen LogP contribution in [0.5, 0.6) is 11.5 Å². The first-order valence-electron chi connectivity index (χ1n) is 8.80. The Kier molecular flexibility index (Phi) is 7.43. The van der Waals surface area contributed by atoms with Gasteiger partial charge in [-0.1, -0.05) is 35.9 Å². The molecule has 0 saturated carbocycles. The summed E-state index contributed by atoms with van der Waals surface area (Å²) in [5.74, 6) is 0.139. The molecule has 0 heterocycles. The van der Waals surface area contributed by atoms with Gasteiger partial charge in [0, 0.05) is 16.1 Å². The van der Waals surface area contributed by atoms with Crippen molar-refractivity contribution in [1.82, 2.24) is 5.43 Å². The number of nitrogens with zero attached hydrogens (tertiary/aromatic N) is 1. The van der Waals surface area contributed by atoms with Gasteiger partial charge in [-0.15, -0.1) is 0 Å². The quantitative estimate of drug-likeness (QED) is 0.346. The molecule has 5 nitrogen and oxygen atoms in total. The lowest BCUT2D eigenvalue weighted by Crippen LogP contribution is -2.17. The highest BCUT2D eigenvalue weighted by atomic mass is 79.9.